The lowest BCUT2D eigenvalue weighted by molar-refractivity contribution is -0.274. The summed E-state index contributed by atoms with van der Waals surface area (Å²) in [5.41, 5.74) is -2.21. The highest BCUT2D eigenvalue weighted by molar-refractivity contribution is 6.01. The lowest BCUT2D eigenvalue weighted by atomic mass is 9.98. The first-order valence-corrected chi connectivity index (χ1v) is 11.2. The van der Waals surface area contributed by atoms with E-state index in [9.17, 15) is 36.2 Å². The minimum atomic E-state index is -4.94. The van der Waals surface area contributed by atoms with Gasteiger partial charge in [0.1, 0.15) is 17.1 Å². The van der Waals surface area contributed by atoms with Crippen molar-refractivity contribution in [1.29, 1.82) is 0 Å². The maximum Gasteiger partial charge on any atom is 0.573 e. The molecule has 37 heavy (non-hydrogen) atoms. The van der Waals surface area contributed by atoms with Crippen molar-refractivity contribution in [2.45, 2.75) is 45.4 Å². The number of likely N-dealkylation sites (N-methyl/N-ethyl adjacent to an activating group) is 1. The standard InChI is InChI=1S/C26H26F6N2O3/c1-16-20(18-10-12-19(13-11-18)37-26(30,31)32)21(23(36)33(4)24(2,3)15-35)34(22(16)25(27,28)29)14-17-8-6-5-7-9-17/h5-13,35H,14-15H2,1-4H3. The number of aromatic nitrogens is 1. The molecule has 0 unspecified atom stereocenters. The van der Waals surface area contributed by atoms with Crippen LogP contribution < -0.4 is 4.74 Å². The van der Waals surface area contributed by atoms with Crippen LogP contribution in [0.5, 0.6) is 5.75 Å². The van der Waals surface area contributed by atoms with Crippen LogP contribution in [0.15, 0.2) is 54.6 Å². The number of carbonyl (C=O) groups excluding carboxylic acids is 1. The number of carbonyl (C=O) groups is 1. The number of aliphatic hydroxyl groups excluding tert-OH is 1. The van der Waals surface area contributed by atoms with Gasteiger partial charge in [-0.2, -0.15) is 13.2 Å². The number of benzene rings is 2. The number of alkyl halides is 6. The van der Waals surface area contributed by atoms with Crippen molar-refractivity contribution in [3.8, 4) is 16.9 Å². The van der Waals surface area contributed by atoms with E-state index in [4.69, 9.17) is 0 Å². The molecule has 1 amide bonds. The first-order valence-electron chi connectivity index (χ1n) is 11.2. The van der Waals surface area contributed by atoms with Crippen LogP contribution in [0.1, 0.15) is 41.2 Å². The van der Waals surface area contributed by atoms with Gasteiger partial charge in [0.25, 0.3) is 5.91 Å². The van der Waals surface area contributed by atoms with E-state index in [2.05, 4.69) is 4.74 Å². The summed E-state index contributed by atoms with van der Waals surface area (Å²) in [6.07, 6.45) is -9.80. The Balaban J connectivity index is 2.31. The smallest absolute Gasteiger partial charge is 0.406 e. The number of aliphatic hydroxyl groups is 1. The quantitative estimate of drug-likeness (QED) is 0.368. The van der Waals surface area contributed by atoms with E-state index in [-0.39, 0.29) is 28.9 Å². The van der Waals surface area contributed by atoms with Crippen molar-refractivity contribution in [3.63, 3.8) is 0 Å². The topological polar surface area (TPSA) is 54.7 Å². The summed E-state index contributed by atoms with van der Waals surface area (Å²) in [4.78, 5) is 14.9. The number of hydrogen-bond donors (Lipinski definition) is 1. The molecule has 1 aromatic heterocycles. The van der Waals surface area contributed by atoms with Gasteiger partial charge in [-0.05, 0) is 49.6 Å². The fourth-order valence-corrected chi connectivity index (χ4v) is 3.97. The van der Waals surface area contributed by atoms with Crippen LogP contribution in [-0.2, 0) is 12.7 Å². The maximum absolute atomic E-state index is 14.4. The molecule has 3 rings (SSSR count). The Bertz CT molecular complexity index is 1250. The van der Waals surface area contributed by atoms with Gasteiger partial charge in [-0.3, -0.25) is 4.79 Å². The van der Waals surface area contributed by atoms with Crippen LogP contribution in [0.3, 0.4) is 0 Å². The third-order valence-corrected chi connectivity index (χ3v) is 6.14. The molecule has 2 aromatic carbocycles. The molecule has 0 aliphatic rings. The van der Waals surface area contributed by atoms with Gasteiger partial charge < -0.3 is 19.3 Å². The molecule has 0 radical (unpaired) electrons. The summed E-state index contributed by atoms with van der Waals surface area (Å²) in [6, 6.07) is 12.5. The Morgan fingerprint density at radius 3 is 2.03 bits per heavy atom. The van der Waals surface area contributed by atoms with Crippen molar-refractivity contribution >= 4 is 5.91 Å². The third kappa shape index (κ3) is 6.10. The minimum Gasteiger partial charge on any atom is -0.406 e. The van der Waals surface area contributed by atoms with E-state index in [0.29, 0.717) is 5.56 Å². The molecule has 0 spiro atoms. The van der Waals surface area contributed by atoms with Crippen LogP contribution in [0.2, 0.25) is 0 Å². The highest BCUT2D eigenvalue weighted by Gasteiger charge is 2.42. The molecular weight excluding hydrogens is 502 g/mol. The Morgan fingerprint density at radius 1 is 0.973 bits per heavy atom. The fraction of sp³-hybridized carbons (Fsp3) is 0.346. The largest absolute Gasteiger partial charge is 0.573 e. The van der Waals surface area contributed by atoms with E-state index in [0.717, 1.165) is 21.6 Å². The average Bonchev–Trinajstić information content (AvgIpc) is 3.10. The van der Waals surface area contributed by atoms with Gasteiger partial charge in [-0.15, -0.1) is 13.2 Å². The van der Waals surface area contributed by atoms with Crippen LogP contribution in [0.4, 0.5) is 26.3 Å². The van der Waals surface area contributed by atoms with E-state index in [1.165, 1.54) is 26.1 Å². The third-order valence-electron chi connectivity index (χ3n) is 6.14. The Kier molecular flexibility index (Phi) is 7.69. The SMILES string of the molecule is Cc1c(-c2ccc(OC(F)(F)F)cc2)c(C(=O)N(C)C(C)(C)CO)n(Cc2ccccc2)c1C(F)(F)F. The summed E-state index contributed by atoms with van der Waals surface area (Å²) < 4.78 is 85.8. The summed E-state index contributed by atoms with van der Waals surface area (Å²) >= 11 is 0. The second-order valence-electron chi connectivity index (χ2n) is 9.17. The second-order valence-corrected chi connectivity index (χ2v) is 9.17. The molecule has 0 saturated carbocycles. The number of nitrogens with zero attached hydrogens (tertiary/aromatic N) is 2. The van der Waals surface area contributed by atoms with Crippen LogP contribution in [0.25, 0.3) is 11.1 Å². The van der Waals surface area contributed by atoms with Gasteiger partial charge in [-0.25, -0.2) is 0 Å². The Hall–Kier alpha value is -3.47. The molecular formula is C26H26F6N2O3. The van der Waals surface area contributed by atoms with Crippen molar-refractivity contribution < 1.29 is 41.0 Å². The average molecular weight is 528 g/mol. The molecule has 0 atom stereocenters. The molecule has 0 aliphatic heterocycles. The summed E-state index contributed by atoms with van der Waals surface area (Å²) in [5, 5.41) is 9.78. The number of rotatable bonds is 7. The molecule has 0 bridgehead atoms. The summed E-state index contributed by atoms with van der Waals surface area (Å²) in [7, 11) is 1.37. The van der Waals surface area contributed by atoms with E-state index in [1.807, 2.05) is 0 Å². The molecule has 0 fully saturated rings. The van der Waals surface area contributed by atoms with Crippen LogP contribution in [-0.4, -0.2) is 46.0 Å². The molecule has 5 nitrogen and oxygen atoms in total. The lowest BCUT2D eigenvalue weighted by Gasteiger charge is -2.34. The zero-order valence-corrected chi connectivity index (χ0v) is 20.5. The Morgan fingerprint density at radius 2 is 1.54 bits per heavy atom. The number of amides is 1. The van der Waals surface area contributed by atoms with E-state index in [1.54, 1.807) is 44.2 Å². The molecule has 200 valence electrons. The van der Waals surface area contributed by atoms with Crippen LogP contribution in [0, 0.1) is 6.92 Å². The predicted octanol–water partition coefficient (Wildman–Crippen LogP) is 6.27. The second kappa shape index (κ2) is 10.1. The lowest BCUT2D eigenvalue weighted by Crippen LogP contribution is -2.48. The molecule has 11 heteroatoms. The van der Waals surface area contributed by atoms with E-state index < -0.39 is 42.0 Å². The van der Waals surface area contributed by atoms with Crippen molar-refractivity contribution in [1.82, 2.24) is 9.47 Å². The monoisotopic (exact) mass is 528 g/mol. The first-order chi connectivity index (χ1) is 17.1. The number of ether oxygens (including phenoxy) is 1. The van der Waals surface area contributed by atoms with E-state index >= 15 is 0 Å². The normalized spacial score (nSPS) is 12.5. The van der Waals surface area contributed by atoms with Crippen molar-refractivity contribution in [2.24, 2.45) is 0 Å². The van der Waals surface area contributed by atoms with Gasteiger partial charge >= 0.3 is 12.5 Å². The summed E-state index contributed by atoms with van der Waals surface area (Å²) in [6.45, 7) is 3.57. The van der Waals surface area contributed by atoms with Gasteiger partial charge in [0.15, 0.2) is 0 Å². The highest BCUT2D eigenvalue weighted by atomic mass is 19.4. The fourth-order valence-electron chi connectivity index (χ4n) is 3.97. The summed E-state index contributed by atoms with van der Waals surface area (Å²) in [5.74, 6) is -1.35. The van der Waals surface area contributed by atoms with Gasteiger partial charge in [0, 0.05) is 19.2 Å². The van der Waals surface area contributed by atoms with Crippen LogP contribution >= 0.6 is 0 Å². The predicted molar refractivity (Wildman–Crippen MR) is 125 cm³/mol. The molecule has 1 N–H and O–H groups in total. The van der Waals surface area contributed by atoms with Crippen molar-refractivity contribution in [2.75, 3.05) is 13.7 Å². The first kappa shape index (κ1) is 28.1. The van der Waals surface area contributed by atoms with Gasteiger partial charge in [0.05, 0.1) is 12.1 Å². The zero-order chi connectivity index (χ0) is 27.8. The number of hydrogen-bond acceptors (Lipinski definition) is 3. The molecule has 3 aromatic rings. The number of halogens is 6. The zero-order valence-electron chi connectivity index (χ0n) is 20.5. The molecule has 0 aliphatic carbocycles. The molecule has 0 saturated heterocycles. The Labute approximate surface area is 209 Å². The maximum atomic E-state index is 14.4. The minimum absolute atomic E-state index is 0.0765. The molecule has 1 heterocycles. The van der Waals surface area contributed by atoms with Crippen molar-refractivity contribution in [3.05, 3.63) is 77.1 Å². The van der Waals surface area contributed by atoms with Gasteiger partial charge in [0.2, 0.25) is 0 Å². The van der Waals surface area contributed by atoms with Gasteiger partial charge in [-0.1, -0.05) is 42.5 Å². The highest BCUT2D eigenvalue weighted by Crippen LogP contribution is 2.42.